The van der Waals surface area contributed by atoms with E-state index in [0.29, 0.717) is 13.0 Å². The Hall–Kier alpha value is -1.18. The summed E-state index contributed by atoms with van der Waals surface area (Å²) in [5.74, 6) is 0. The molecule has 0 aliphatic carbocycles. The summed E-state index contributed by atoms with van der Waals surface area (Å²) in [6, 6.07) is 3.52. The predicted octanol–water partition coefficient (Wildman–Crippen LogP) is 3.94. The fourth-order valence-electron chi connectivity index (χ4n) is 2.72. The van der Waals surface area contributed by atoms with Gasteiger partial charge in [0.25, 0.3) is 0 Å². The Morgan fingerprint density at radius 2 is 2.00 bits per heavy atom. The number of benzene rings is 1. The van der Waals surface area contributed by atoms with Crippen LogP contribution < -0.4 is 0 Å². The van der Waals surface area contributed by atoms with Crippen molar-refractivity contribution in [2.24, 2.45) is 0 Å². The van der Waals surface area contributed by atoms with Crippen LogP contribution in [0.1, 0.15) is 36.0 Å². The number of hydrogen-bond donors (Lipinski definition) is 0. The van der Waals surface area contributed by atoms with Crippen molar-refractivity contribution in [2.45, 2.75) is 44.0 Å². The lowest BCUT2D eigenvalue weighted by Gasteiger charge is -2.34. The number of ether oxygens (including phenoxy) is 3. The zero-order chi connectivity index (χ0) is 16.5. The highest BCUT2D eigenvalue weighted by Gasteiger charge is 2.43. The van der Waals surface area contributed by atoms with Gasteiger partial charge in [-0.3, -0.25) is 0 Å². The molecule has 1 aromatic carbocycles. The second-order valence-corrected chi connectivity index (χ2v) is 5.93. The molecule has 2 fully saturated rings. The van der Waals surface area contributed by atoms with Gasteiger partial charge in [0.2, 0.25) is 0 Å². The summed E-state index contributed by atoms with van der Waals surface area (Å²) in [5, 5.41) is 0. The van der Waals surface area contributed by atoms with Crippen LogP contribution in [0, 0.1) is 0 Å². The van der Waals surface area contributed by atoms with E-state index in [1.807, 2.05) is 0 Å². The Morgan fingerprint density at radius 1 is 1.22 bits per heavy atom. The van der Waals surface area contributed by atoms with Crippen LogP contribution in [0.3, 0.4) is 0 Å². The molecule has 128 valence electrons. The lowest BCUT2D eigenvalue weighted by Crippen LogP contribution is -2.42. The SMILES string of the molecule is FC(F)(F)c1cc(C2(F)COC2)ccc1COC1CCCCO1. The van der Waals surface area contributed by atoms with Gasteiger partial charge in [0, 0.05) is 6.61 Å². The molecule has 2 aliphatic heterocycles. The molecular formula is C16H18F4O3. The van der Waals surface area contributed by atoms with Crippen molar-refractivity contribution < 1.29 is 31.8 Å². The highest BCUT2D eigenvalue weighted by atomic mass is 19.4. The van der Waals surface area contributed by atoms with E-state index in [0.717, 1.165) is 18.9 Å². The third-order valence-corrected chi connectivity index (χ3v) is 4.16. The largest absolute Gasteiger partial charge is 0.416 e. The molecule has 1 aromatic rings. The molecule has 3 rings (SSSR count). The molecule has 0 aromatic heterocycles. The Morgan fingerprint density at radius 3 is 2.57 bits per heavy atom. The highest BCUT2D eigenvalue weighted by Crippen LogP contribution is 2.39. The van der Waals surface area contributed by atoms with Gasteiger partial charge >= 0.3 is 6.18 Å². The molecule has 0 amide bonds. The van der Waals surface area contributed by atoms with Gasteiger partial charge in [-0.15, -0.1) is 0 Å². The molecule has 3 nitrogen and oxygen atoms in total. The van der Waals surface area contributed by atoms with Gasteiger partial charge < -0.3 is 14.2 Å². The van der Waals surface area contributed by atoms with E-state index in [1.54, 1.807) is 0 Å². The molecule has 0 bridgehead atoms. The van der Waals surface area contributed by atoms with E-state index in [-0.39, 0.29) is 30.9 Å². The first-order valence-corrected chi connectivity index (χ1v) is 7.59. The summed E-state index contributed by atoms with van der Waals surface area (Å²) in [7, 11) is 0. The molecule has 23 heavy (non-hydrogen) atoms. The van der Waals surface area contributed by atoms with Crippen LogP contribution in [0.2, 0.25) is 0 Å². The molecule has 0 saturated carbocycles. The number of halogens is 4. The number of hydrogen-bond acceptors (Lipinski definition) is 3. The van der Waals surface area contributed by atoms with Gasteiger partial charge in [0.15, 0.2) is 12.0 Å². The van der Waals surface area contributed by atoms with Crippen molar-refractivity contribution in [3.05, 3.63) is 34.9 Å². The normalized spacial score (nSPS) is 24.3. The molecule has 1 unspecified atom stereocenters. The van der Waals surface area contributed by atoms with Gasteiger partial charge in [-0.05, 0) is 36.5 Å². The Bertz CT molecular complexity index is 549. The standard InChI is InChI=1S/C16H18F4O3/c17-15(9-21-10-15)12-5-4-11(13(7-12)16(18,19)20)8-23-14-3-1-2-6-22-14/h4-5,7,14H,1-3,6,8-10H2. The lowest BCUT2D eigenvalue weighted by molar-refractivity contribution is -0.172. The van der Waals surface area contributed by atoms with Crippen LogP contribution in [-0.2, 0) is 32.7 Å². The summed E-state index contributed by atoms with van der Waals surface area (Å²) in [4.78, 5) is 0. The second kappa shape index (κ2) is 6.37. The number of alkyl halides is 4. The van der Waals surface area contributed by atoms with Crippen LogP contribution in [0.5, 0.6) is 0 Å². The van der Waals surface area contributed by atoms with Crippen molar-refractivity contribution >= 4 is 0 Å². The van der Waals surface area contributed by atoms with E-state index in [1.165, 1.54) is 12.1 Å². The Labute approximate surface area is 131 Å². The Balaban J connectivity index is 1.78. The predicted molar refractivity (Wildman–Crippen MR) is 73.4 cm³/mol. The fourth-order valence-corrected chi connectivity index (χ4v) is 2.72. The minimum absolute atomic E-state index is 0.00580. The summed E-state index contributed by atoms with van der Waals surface area (Å²) in [5.41, 5.74) is -2.71. The zero-order valence-electron chi connectivity index (χ0n) is 12.5. The van der Waals surface area contributed by atoms with E-state index in [4.69, 9.17) is 14.2 Å². The van der Waals surface area contributed by atoms with Gasteiger partial charge in [0.05, 0.1) is 25.4 Å². The summed E-state index contributed by atoms with van der Waals surface area (Å²) >= 11 is 0. The maximum absolute atomic E-state index is 14.3. The summed E-state index contributed by atoms with van der Waals surface area (Å²) in [6.45, 7) is -0.0816. The van der Waals surface area contributed by atoms with Crippen LogP contribution in [0.4, 0.5) is 17.6 Å². The molecule has 0 N–H and O–H groups in total. The quantitative estimate of drug-likeness (QED) is 0.781. The average Bonchev–Trinajstić information content (AvgIpc) is 2.50. The third kappa shape index (κ3) is 3.67. The first-order valence-electron chi connectivity index (χ1n) is 7.59. The van der Waals surface area contributed by atoms with Crippen LogP contribution >= 0.6 is 0 Å². The van der Waals surface area contributed by atoms with Crippen LogP contribution in [0.15, 0.2) is 18.2 Å². The first kappa shape index (κ1) is 16.7. The summed E-state index contributed by atoms with van der Waals surface area (Å²) in [6.07, 6.45) is -2.51. The maximum atomic E-state index is 14.3. The fraction of sp³-hybridized carbons (Fsp3) is 0.625. The molecular weight excluding hydrogens is 316 g/mol. The van der Waals surface area contributed by atoms with Gasteiger partial charge in [-0.1, -0.05) is 12.1 Å². The molecule has 2 saturated heterocycles. The highest BCUT2D eigenvalue weighted by molar-refractivity contribution is 5.37. The third-order valence-electron chi connectivity index (χ3n) is 4.16. The van der Waals surface area contributed by atoms with Gasteiger partial charge in [-0.25, -0.2) is 4.39 Å². The minimum atomic E-state index is -4.57. The van der Waals surface area contributed by atoms with Crippen molar-refractivity contribution in [1.29, 1.82) is 0 Å². The van der Waals surface area contributed by atoms with E-state index in [9.17, 15) is 17.6 Å². The molecule has 0 radical (unpaired) electrons. The zero-order valence-corrected chi connectivity index (χ0v) is 12.5. The molecule has 0 spiro atoms. The summed E-state index contributed by atoms with van der Waals surface area (Å²) < 4.78 is 69.6. The van der Waals surface area contributed by atoms with E-state index < -0.39 is 23.7 Å². The first-order chi connectivity index (χ1) is 10.9. The van der Waals surface area contributed by atoms with Crippen molar-refractivity contribution in [3.63, 3.8) is 0 Å². The Kier molecular flexibility index (Phi) is 4.62. The molecule has 2 heterocycles. The lowest BCUT2D eigenvalue weighted by atomic mass is 9.91. The molecule has 1 atom stereocenters. The second-order valence-electron chi connectivity index (χ2n) is 5.93. The van der Waals surface area contributed by atoms with Crippen molar-refractivity contribution in [2.75, 3.05) is 19.8 Å². The van der Waals surface area contributed by atoms with Gasteiger partial charge in [-0.2, -0.15) is 13.2 Å². The van der Waals surface area contributed by atoms with Crippen LogP contribution in [0.25, 0.3) is 0 Å². The monoisotopic (exact) mass is 334 g/mol. The smallest absolute Gasteiger partial charge is 0.374 e. The van der Waals surface area contributed by atoms with Crippen LogP contribution in [-0.4, -0.2) is 26.1 Å². The van der Waals surface area contributed by atoms with Crippen molar-refractivity contribution in [3.8, 4) is 0 Å². The van der Waals surface area contributed by atoms with Crippen molar-refractivity contribution in [1.82, 2.24) is 0 Å². The van der Waals surface area contributed by atoms with E-state index in [2.05, 4.69) is 0 Å². The maximum Gasteiger partial charge on any atom is 0.416 e. The molecule has 2 aliphatic rings. The average molecular weight is 334 g/mol. The topological polar surface area (TPSA) is 27.7 Å². The molecule has 7 heteroatoms. The number of rotatable bonds is 4. The van der Waals surface area contributed by atoms with E-state index >= 15 is 0 Å². The minimum Gasteiger partial charge on any atom is -0.374 e. The van der Waals surface area contributed by atoms with Gasteiger partial charge in [0.1, 0.15) is 0 Å².